The highest BCUT2D eigenvalue weighted by Gasteiger charge is 2.16. The van der Waals surface area contributed by atoms with E-state index in [1.165, 1.54) is 6.07 Å². The fourth-order valence-corrected chi connectivity index (χ4v) is 2.60. The minimum atomic E-state index is -3.61. The Bertz CT molecular complexity index is 489. The fourth-order valence-electron chi connectivity index (χ4n) is 1.35. The van der Waals surface area contributed by atoms with Crippen LogP contribution in [0.5, 0.6) is 0 Å². The van der Waals surface area contributed by atoms with Crippen molar-refractivity contribution in [3.63, 3.8) is 0 Å². The molecule has 1 aromatic heterocycles. The quantitative estimate of drug-likeness (QED) is 0.660. The van der Waals surface area contributed by atoms with Gasteiger partial charge in [-0.25, -0.2) is 13.1 Å². The van der Waals surface area contributed by atoms with E-state index < -0.39 is 10.0 Å². The van der Waals surface area contributed by atoms with Crippen LogP contribution < -0.4 is 10.3 Å². The standard InChI is InChI=1S/C10H16N2O4S/c1-8(3-2-6-13)12-17(15,16)9-4-5-10(14)11-7-9/h4-5,7-8,12-13H,2-3,6H2,1H3,(H,11,14). The van der Waals surface area contributed by atoms with Gasteiger partial charge in [-0.15, -0.1) is 0 Å². The van der Waals surface area contributed by atoms with Crippen LogP contribution in [-0.2, 0) is 10.0 Å². The summed E-state index contributed by atoms with van der Waals surface area (Å²) in [7, 11) is -3.61. The summed E-state index contributed by atoms with van der Waals surface area (Å²) >= 11 is 0. The zero-order valence-corrected chi connectivity index (χ0v) is 10.3. The third-order valence-electron chi connectivity index (χ3n) is 2.22. The lowest BCUT2D eigenvalue weighted by Crippen LogP contribution is -2.33. The molecule has 3 N–H and O–H groups in total. The minimum absolute atomic E-state index is 0.0212. The van der Waals surface area contributed by atoms with E-state index in [1.54, 1.807) is 6.92 Å². The number of hydrogen-bond acceptors (Lipinski definition) is 4. The maximum absolute atomic E-state index is 11.8. The van der Waals surface area contributed by atoms with Crippen molar-refractivity contribution in [2.45, 2.75) is 30.7 Å². The summed E-state index contributed by atoms with van der Waals surface area (Å²) in [5.41, 5.74) is -0.350. The van der Waals surface area contributed by atoms with Crippen LogP contribution in [0.1, 0.15) is 19.8 Å². The van der Waals surface area contributed by atoms with Crippen LogP contribution in [0.15, 0.2) is 28.0 Å². The Morgan fingerprint density at radius 3 is 2.71 bits per heavy atom. The van der Waals surface area contributed by atoms with Gasteiger partial charge in [-0.2, -0.15) is 0 Å². The van der Waals surface area contributed by atoms with Gasteiger partial charge in [0.2, 0.25) is 15.6 Å². The van der Waals surface area contributed by atoms with Crippen LogP contribution in [0, 0.1) is 0 Å². The molecular weight excluding hydrogens is 244 g/mol. The Morgan fingerprint density at radius 2 is 2.18 bits per heavy atom. The predicted molar refractivity (Wildman–Crippen MR) is 63.2 cm³/mol. The average Bonchev–Trinajstić information content (AvgIpc) is 2.26. The van der Waals surface area contributed by atoms with Gasteiger partial charge >= 0.3 is 0 Å². The van der Waals surface area contributed by atoms with Gasteiger partial charge in [0.15, 0.2) is 0 Å². The minimum Gasteiger partial charge on any atom is -0.396 e. The van der Waals surface area contributed by atoms with E-state index in [0.717, 1.165) is 12.3 Å². The van der Waals surface area contributed by atoms with E-state index in [4.69, 9.17) is 5.11 Å². The third kappa shape index (κ3) is 4.29. The highest BCUT2D eigenvalue weighted by atomic mass is 32.2. The molecule has 0 aliphatic carbocycles. The summed E-state index contributed by atoms with van der Waals surface area (Å²) in [6, 6.07) is 2.14. The summed E-state index contributed by atoms with van der Waals surface area (Å²) in [6.45, 7) is 1.75. The smallest absolute Gasteiger partial charge is 0.247 e. The Balaban J connectivity index is 2.75. The molecule has 0 saturated heterocycles. The van der Waals surface area contributed by atoms with E-state index in [9.17, 15) is 13.2 Å². The molecule has 0 bridgehead atoms. The molecule has 1 heterocycles. The second-order valence-electron chi connectivity index (χ2n) is 3.78. The molecule has 0 saturated carbocycles. The predicted octanol–water partition coefficient (Wildman–Crippen LogP) is -0.186. The van der Waals surface area contributed by atoms with Crippen LogP contribution in [0.3, 0.4) is 0 Å². The number of pyridine rings is 1. The molecule has 1 unspecified atom stereocenters. The van der Waals surface area contributed by atoms with Gasteiger partial charge in [0.25, 0.3) is 0 Å². The summed E-state index contributed by atoms with van der Waals surface area (Å²) in [5.74, 6) is 0. The first-order chi connectivity index (χ1) is 7.95. The molecule has 1 atom stereocenters. The van der Waals surface area contributed by atoms with Gasteiger partial charge in [-0.3, -0.25) is 4.79 Å². The zero-order chi connectivity index (χ0) is 12.9. The zero-order valence-electron chi connectivity index (χ0n) is 9.51. The highest BCUT2D eigenvalue weighted by Crippen LogP contribution is 2.07. The summed E-state index contributed by atoms with van der Waals surface area (Å²) in [6.07, 6.45) is 2.25. The molecule has 17 heavy (non-hydrogen) atoms. The lowest BCUT2D eigenvalue weighted by atomic mass is 10.2. The van der Waals surface area contributed by atoms with Crippen LogP contribution in [-0.4, -0.2) is 31.2 Å². The molecule has 6 nitrogen and oxygen atoms in total. The molecular formula is C10H16N2O4S. The van der Waals surface area contributed by atoms with E-state index in [0.29, 0.717) is 12.8 Å². The van der Waals surface area contributed by atoms with Gasteiger partial charge in [-0.1, -0.05) is 0 Å². The molecule has 7 heteroatoms. The topological polar surface area (TPSA) is 99.3 Å². The number of rotatable bonds is 6. The first-order valence-corrected chi connectivity index (χ1v) is 6.76. The Morgan fingerprint density at radius 1 is 1.47 bits per heavy atom. The number of aromatic nitrogens is 1. The van der Waals surface area contributed by atoms with Crippen molar-refractivity contribution in [1.82, 2.24) is 9.71 Å². The van der Waals surface area contributed by atoms with Crippen LogP contribution in [0.25, 0.3) is 0 Å². The van der Waals surface area contributed by atoms with E-state index in [2.05, 4.69) is 9.71 Å². The SMILES string of the molecule is CC(CCCO)NS(=O)(=O)c1ccc(=O)[nH]c1. The number of hydrogen-bond donors (Lipinski definition) is 3. The second kappa shape index (κ2) is 5.95. The van der Waals surface area contributed by atoms with Crippen molar-refractivity contribution >= 4 is 10.0 Å². The van der Waals surface area contributed by atoms with Crippen LogP contribution in [0.2, 0.25) is 0 Å². The van der Waals surface area contributed by atoms with Crippen molar-refractivity contribution in [1.29, 1.82) is 0 Å². The lowest BCUT2D eigenvalue weighted by molar-refractivity contribution is 0.279. The van der Waals surface area contributed by atoms with Crippen LogP contribution >= 0.6 is 0 Å². The number of aromatic amines is 1. The van der Waals surface area contributed by atoms with Gasteiger partial charge in [0, 0.05) is 24.9 Å². The third-order valence-corrected chi connectivity index (χ3v) is 3.80. The first kappa shape index (κ1) is 13.9. The molecule has 0 aliphatic heterocycles. The summed E-state index contributed by atoms with van der Waals surface area (Å²) in [4.78, 5) is 13.1. The molecule has 0 aliphatic rings. The maximum atomic E-state index is 11.8. The number of aliphatic hydroxyl groups is 1. The number of H-pyrrole nitrogens is 1. The molecule has 0 spiro atoms. The van der Waals surface area contributed by atoms with Crippen molar-refractivity contribution in [2.24, 2.45) is 0 Å². The lowest BCUT2D eigenvalue weighted by Gasteiger charge is -2.13. The van der Waals surface area contributed by atoms with Gasteiger partial charge in [0.05, 0.1) is 4.90 Å². The van der Waals surface area contributed by atoms with Crippen LogP contribution in [0.4, 0.5) is 0 Å². The van der Waals surface area contributed by atoms with Crippen molar-refractivity contribution in [2.75, 3.05) is 6.61 Å². The van der Waals surface area contributed by atoms with E-state index in [1.807, 2.05) is 0 Å². The Kier molecular flexibility index (Phi) is 4.86. The molecule has 96 valence electrons. The maximum Gasteiger partial charge on any atom is 0.247 e. The molecule has 1 rings (SSSR count). The second-order valence-corrected chi connectivity index (χ2v) is 5.49. The molecule has 0 aromatic carbocycles. The van der Waals surface area contributed by atoms with Crippen molar-refractivity contribution in [3.05, 3.63) is 28.7 Å². The first-order valence-electron chi connectivity index (χ1n) is 5.27. The highest BCUT2D eigenvalue weighted by molar-refractivity contribution is 7.89. The van der Waals surface area contributed by atoms with Crippen molar-refractivity contribution < 1.29 is 13.5 Å². The summed E-state index contributed by atoms with van der Waals surface area (Å²) < 4.78 is 26.1. The van der Waals surface area contributed by atoms with Crippen molar-refractivity contribution in [3.8, 4) is 0 Å². The Labute approximate surface area is 99.7 Å². The molecule has 0 radical (unpaired) electrons. The molecule has 1 aromatic rings. The van der Waals surface area contributed by atoms with Gasteiger partial charge in [-0.05, 0) is 25.8 Å². The van der Waals surface area contributed by atoms with E-state index >= 15 is 0 Å². The largest absolute Gasteiger partial charge is 0.396 e. The normalized spacial score (nSPS) is 13.5. The number of aliphatic hydroxyl groups excluding tert-OH is 1. The van der Waals surface area contributed by atoms with Gasteiger partial charge in [0.1, 0.15) is 0 Å². The summed E-state index contributed by atoms with van der Waals surface area (Å²) in [5, 5.41) is 8.64. The number of nitrogens with one attached hydrogen (secondary N) is 2. The Hall–Kier alpha value is -1.18. The monoisotopic (exact) mass is 260 g/mol. The molecule has 0 fully saturated rings. The van der Waals surface area contributed by atoms with Gasteiger partial charge < -0.3 is 10.1 Å². The average molecular weight is 260 g/mol. The van der Waals surface area contributed by atoms with E-state index in [-0.39, 0.29) is 23.1 Å². The fraction of sp³-hybridized carbons (Fsp3) is 0.500. The number of sulfonamides is 1. The molecule has 0 amide bonds.